The van der Waals surface area contributed by atoms with Crippen LogP contribution in [-0.4, -0.2) is 60.7 Å². The molecule has 0 aromatic rings. The molecule has 6 nitrogen and oxygen atoms in total. The fourth-order valence-corrected chi connectivity index (χ4v) is 3.72. The van der Waals surface area contributed by atoms with Crippen molar-refractivity contribution in [1.29, 1.82) is 0 Å². The van der Waals surface area contributed by atoms with Gasteiger partial charge in [-0.25, -0.2) is 13.2 Å². The molecule has 0 aliphatic carbocycles. The molecule has 0 unspecified atom stereocenters. The summed E-state index contributed by atoms with van der Waals surface area (Å²) in [7, 11) is -3.16. The second-order valence-corrected chi connectivity index (χ2v) is 7.94. The van der Waals surface area contributed by atoms with E-state index >= 15 is 0 Å². The molecule has 0 N–H and O–H groups in total. The fourth-order valence-electron chi connectivity index (χ4n) is 2.58. The molecule has 2 saturated heterocycles. The average molecular weight is 276 g/mol. The Morgan fingerprint density at radius 3 is 2.22 bits per heavy atom. The number of hydrogen-bond acceptors (Lipinski definition) is 4. The first-order valence-corrected chi connectivity index (χ1v) is 7.89. The molecular weight excluding hydrogens is 256 g/mol. The number of nitrogens with zero attached hydrogens (tertiary/aromatic N) is 2. The molecule has 1 amide bonds. The van der Waals surface area contributed by atoms with Crippen molar-refractivity contribution in [1.82, 2.24) is 9.21 Å². The highest BCUT2D eigenvalue weighted by atomic mass is 32.2. The summed E-state index contributed by atoms with van der Waals surface area (Å²) >= 11 is 0. The quantitative estimate of drug-likeness (QED) is 0.705. The van der Waals surface area contributed by atoms with Crippen molar-refractivity contribution in [3.8, 4) is 0 Å². The molecule has 2 fully saturated rings. The van der Waals surface area contributed by atoms with E-state index in [0.717, 1.165) is 0 Å². The van der Waals surface area contributed by atoms with Gasteiger partial charge in [-0.15, -0.1) is 0 Å². The first-order chi connectivity index (χ1) is 8.08. The molecule has 104 valence electrons. The first kappa shape index (κ1) is 13.6. The van der Waals surface area contributed by atoms with Crippen LogP contribution in [-0.2, 0) is 14.8 Å². The van der Waals surface area contributed by atoms with Crippen LogP contribution in [0.1, 0.15) is 27.2 Å². The third kappa shape index (κ3) is 2.61. The van der Waals surface area contributed by atoms with Crippen LogP contribution in [0.2, 0.25) is 0 Å². The summed E-state index contributed by atoms with van der Waals surface area (Å²) in [5.74, 6) is 0. The normalized spacial score (nSPS) is 28.8. The lowest BCUT2D eigenvalue weighted by Crippen LogP contribution is -2.51. The van der Waals surface area contributed by atoms with Crippen molar-refractivity contribution in [3.63, 3.8) is 0 Å². The highest BCUT2D eigenvalue weighted by Gasteiger charge is 2.49. The number of amides is 1. The predicted molar refractivity (Wildman–Crippen MR) is 66.7 cm³/mol. The van der Waals surface area contributed by atoms with Gasteiger partial charge in [-0.3, -0.25) is 0 Å². The van der Waals surface area contributed by atoms with Crippen LogP contribution in [0.25, 0.3) is 0 Å². The number of sulfonamides is 1. The predicted octanol–water partition coefficient (Wildman–Crippen LogP) is 0.640. The largest absolute Gasteiger partial charge is 0.444 e. The highest BCUT2D eigenvalue weighted by Crippen LogP contribution is 2.33. The SMILES string of the molecule is CC(C)(C)OC(=O)N1C[C@H]2C[C@@H]1CN2S(C)(=O)=O. The summed E-state index contributed by atoms with van der Waals surface area (Å²) in [5, 5.41) is 0. The number of rotatable bonds is 1. The van der Waals surface area contributed by atoms with Crippen molar-refractivity contribution >= 4 is 16.1 Å². The summed E-state index contributed by atoms with van der Waals surface area (Å²) in [6.45, 7) is 6.29. The lowest BCUT2D eigenvalue weighted by Gasteiger charge is -2.33. The zero-order valence-corrected chi connectivity index (χ0v) is 12.0. The Labute approximate surface area is 108 Å². The highest BCUT2D eigenvalue weighted by molar-refractivity contribution is 7.88. The fraction of sp³-hybridized carbons (Fsp3) is 0.909. The Bertz CT molecular complexity index is 454. The number of hydrogen-bond donors (Lipinski definition) is 0. The van der Waals surface area contributed by atoms with Crippen LogP contribution in [0.3, 0.4) is 0 Å². The Morgan fingerprint density at radius 2 is 1.83 bits per heavy atom. The third-order valence-electron chi connectivity index (χ3n) is 3.24. The number of piperazine rings is 1. The number of carbonyl (C=O) groups excluding carboxylic acids is 1. The summed E-state index contributed by atoms with van der Waals surface area (Å²) in [6.07, 6.45) is 1.58. The van der Waals surface area contributed by atoms with Gasteiger partial charge in [0.15, 0.2) is 0 Å². The van der Waals surface area contributed by atoms with Crippen molar-refractivity contribution in [3.05, 3.63) is 0 Å². The zero-order chi connectivity index (χ0) is 13.7. The van der Waals surface area contributed by atoms with E-state index in [1.54, 1.807) is 4.90 Å². The topological polar surface area (TPSA) is 66.9 Å². The Hall–Kier alpha value is -0.820. The monoisotopic (exact) mass is 276 g/mol. The maximum atomic E-state index is 11.9. The standard InChI is InChI=1S/C11H20N2O4S/c1-11(2,3)17-10(14)12-6-9-5-8(12)7-13(9)18(4,15)16/h8-9H,5-7H2,1-4H3/t8-,9-/m1/s1. The van der Waals surface area contributed by atoms with Gasteiger partial charge in [-0.05, 0) is 27.2 Å². The molecule has 18 heavy (non-hydrogen) atoms. The van der Waals surface area contributed by atoms with Crippen LogP contribution in [0.4, 0.5) is 4.79 Å². The number of fused-ring (bicyclic) bond motifs is 2. The molecule has 2 aliphatic rings. The van der Waals surface area contributed by atoms with Crippen molar-refractivity contribution in [2.24, 2.45) is 0 Å². The van der Waals surface area contributed by atoms with E-state index in [-0.39, 0.29) is 18.2 Å². The molecule has 2 aliphatic heterocycles. The lowest BCUT2D eigenvalue weighted by molar-refractivity contribution is 0.0173. The Morgan fingerprint density at radius 1 is 1.22 bits per heavy atom. The van der Waals surface area contributed by atoms with Gasteiger partial charge in [0.25, 0.3) is 0 Å². The lowest BCUT2D eigenvalue weighted by atomic mass is 10.2. The van der Waals surface area contributed by atoms with Gasteiger partial charge in [-0.2, -0.15) is 4.31 Å². The summed E-state index contributed by atoms with van der Waals surface area (Å²) in [6, 6.07) is -0.128. The molecule has 2 atom stereocenters. The molecule has 0 radical (unpaired) electrons. The second kappa shape index (κ2) is 4.09. The van der Waals surface area contributed by atoms with Crippen LogP contribution < -0.4 is 0 Å². The minimum Gasteiger partial charge on any atom is -0.444 e. The summed E-state index contributed by atoms with van der Waals surface area (Å²) in [5.41, 5.74) is -0.518. The second-order valence-electron chi connectivity index (χ2n) is 6.01. The zero-order valence-electron chi connectivity index (χ0n) is 11.2. The van der Waals surface area contributed by atoms with Gasteiger partial charge >= 0.3 is 6.09 Å². The minimum absolute atomic E-state index is 0.0421. The molecular formula is C11H20N2O4S. The van der Waals surface area contributed by atoms with E-state index in [2.05, 4.69) is 0 Å². The Kier molecular flexibility index (Phi) is 3.09. The van der Waals surface area contributed by atoms with Crippen molar-refractivity contribution in [2.75, 3.05) is 19.3 Å². The molecule has 7 heteroatoms. The maximum Gasteiger partial charge on any atom is 0.410 e. The van der Waals surface area contributed by atoms with E-state index in [1.807, 2.05) is 20.8 Å². The molecule has 0 spiro atoms. The van der Waals surface area contributed by atoms with E-state index < -0.39 is 15.6 Å². The molecule has 0 saturated carbocycles. The van der Waals surface area contributed by atoms with Crippen LogP contribution in [0.5, 0.6) is 0 Å². The smallest absolute Gasteiger partial charge is 0.410 e. The van der Waals surface area contributed by atoms with Crippen LogP contribution in [0, 0.1) is 0 Å². The molecule has 2 rings (SSSR count). The van der Waals surface area contributed by atoms with Crippen LogP contribution in [0.15, 0.2) is 0 Å². The molecule has 0 aromatic carbocycles. The Balaban J connectivity index is 2.02. The first-order valence-electron chi connectivity index (χ1n) is 6.04. The molecule has 2 heterocycles. The van der Waals surface area contributed by atoms with Gasteiger partial charge in [0.05, 0.1) is 12.3 Å². The van der Waals surface area contributed by atoms with E-state index in [4.69, 9.17) is 4.74 Å². The van der Waals surface area contributed by atoms with Gasteiger partial charge in [0.1, 0.15) is 5.60 Å². The molecule has 0 aromatic heterocycles. The van der Waals surface area contributed by atoms with E-state index in [0.29, 0.717) is 19.5 Å². The van der Waals surface area contributed by atoms with E-state index in [9.17, 15) is 13.2 Å². The van der Waals surface area contributed by atoms with Gasteiger partial charge < -0.3 is 9.64 Å². The van der Waals surface area contributed by atoms with Crippen molar-refractivity contribution < 1.29 is 17.9 Å². The van der Waals surface area contributed by atoms with Gasteiger partial charge in [0.2, 0.25) is 10.0 Å². The average Bonchev–Trinajstić information content (AvgIpc) is 2.71. The van der Waals surface area contributed by atoms with Gasteiger partial charge in [0, 0.05) is 19.1 Å². The number of likely N-dealkylation sites (tertiary alicyclic amines) is 1. The van der Waals surface area contributed by atoms with E-state index in [1.165, 1.54) is 10.6 Å². The van der Waals surface area contributed by atoms with Gasteiger partial charge in [-0.1, -0.05) is 0 Å². The number of ether oxygens (including phenoxy) is 1. The van der Waals surface area contributed by atoms with Crippen LogP contribution >= 0.6 is 0 Å². The summed E-state index contributed by atoms with van der Waals surface area (Å²) in [4.78, 5) is 13.6. The third-order valence-corrected chi connectivity index (χ3v) is 4.54. The summed E-state index contributed by atoms with van der Waals surface area (Å²) < 4.78 is 29.8. The minimum atomic E-state index is -3.16. The maximum absolute atomic E-state index is 11.9. The number of carbonyl (C=O) groups is 1. The van der Waals surface area contributed by atoms with Crippen molar-refractivity contribution in [2.45, 2.75) is 44.9 Å². The molecule has 2 bridgehead atoms.